The van der Waals surface area contributed by atoms with Crippen LogP contribution >= 0.6 is 35.3 Å². The number of ether oxygens (including phenoxy) is 1. The maximum Gasteiger partial charge on any atom is 0.252 e. The van der Waals surface area contributed by atoms with Gasteiger partial charge in [-0.2, -0.15) is 4.31 Å². The van der Waals surface area contributed by atoms with E-state index in [1.54, 1.807) is 6.07 Å². The molecule has 0 unspecified atom stereocenters. The molecule has 27 heavy (non-hydrogen) atoms. The van der Waals surface area contributed by atoms with Gasteiger partial charge in [0.15, 0.2) is 5.96 Å². The minimum absolute atomic E-state index is 0. The molecule has 2 heterocycles. The minimum atomic E-state index is -3.43. The molecule has 0 spiro atoms. The Bertz CT molecular complexity index is 710. The number of halogens is 1. The van der Waals surface area contributed by atoms with Crippen LogP contribution < -0.4 is 11.1 Å². The SMILES string of the molecule is I.NC(=NCc1ccc(S(=O)(=O)N2CCOCC2)s1)NC1CCCCCC1. The van der Waals surface area contributed by atoms with Crippen LogP contribution in [0.3, 0.4) is 0 Å². The summed E-state index contributed by atoms with van der Waals surface area (Å²) in [5.74, 6) is 0.447. The van der Waals surface area contributed by atoms with Gasteiger partial charge in [0, 0.05) is 24.0 Å². The lowest BCUT2D eigenvalue weighted by molar-refractivity contribution is 0.0731. The van der Waals surface area contributed by atoms with Gasteiger partial charge < -0.3 is 15.8 Å². The molecule has 1 aromatic rings. The first-order valence-corrected chi connectivity index (χ1v) is 11.5. The van der Waals surface area contributed by atoms with E-state index in [1.165, 1.54) is 41.3 Å². The Morgan fingerprint density at radius 3 is 2.56 bits per heavy atom. The van der Waals surface area contributed by atoms with Crippen molar-refractivity contribution in [2.45, 2.75) is 55.3 Å². The van der Waals surface area contributed by atoms with Crippen LogP contribution in [-0.2, 0) is 21.3 Å². The average Bonchev–Trinajstić information content (AvgIpc) is 2.99. The largest absolute Gasteiger partial charge is 0.379 e. The standard InChI is InChI=1S/C17H28N4O3S2.HI/c18-17(20-14-5-3-1-2-4-6-14)19-13-15-7-8-16(25-15)26(22,23)21-9-11-24-12-10-21;/h7-8,14H,1-6,9-13H2,(H3,18,19,20);1H. The van der Waals surface area contributed by atoms with Gasteiger partial charge in [0.25, 0.3) is 10.0 Å². The van der Waals surface area contributed by atoms with Crippen LogP contribution in [0.15, 0.2) is 21.3 Å². The van der Waals surface area contributed by atoms with E-state index < -0.39 is 10.0 Å². The number of rotatable bonds is 5. The topological polar surface area (TPSA) is 97.0 Å². The van der Waals surface area contributed by atoms with E-state index in [0.717, 1.165) is 17.7 Å². The van der Waals surface area contributed by atoms with Crippen molar-refractivity contribution in [3.05, 3.63) is 17.0 Å². The van der Waals surface area contributed by atoms with E-state index in [0.29, 0.717) is 49.1 Å². The summed E-state index contributed by atoms with van der Waals surface area (Å²) in [6.45, 7) is 2.11. The van der Waals surface area contributed by atoms with Gasteiger partial charge in [0.2, 0.25) is 0 Å². The molecule has 7 nitrogen and oxygen atoms in total. The fraction of sp³-hybridized carbons (Fsp3) is 0.706. The molecular weight excluding hydrogens is 499 g/mol. The molecule has 1 aromatic heterocycles. The molecule has 1 saturated heterocycles. The summed E-state index contributed by atoms with van der Waals surface area (Å²) >= 11 is 1.26. The van der Waals surface area contributed by atoms with Gasteiger partial charge in [-0.1, -0.05) is 25.7 Å². The quantitative estimate of drug-likeness (QED) is 0.265. The van der Waals surface area contributed by atoms with Crippen LogP contribution in [0, 0.1) is 0 Å². The second-order valence-corrected chi connectivity index (χ2v) is 10.1. The van der Waals surface area contributed by atoms with Gasteiger partial charge in [0.05, 0.1) is 19.8 Å². The predicted octanol–water partition coefficient (Wildman–Crippen LogP) is 2.51. The number of nitrogens with zero attached hydrogens (tertiary/aromatic N) is 2. The molecule has 1 aliphatic heterocycles. The van der Waals surface area contributed by atoms with E-state index in [2.05, 4.69) is 10.3 Å². The summed E-state index contributed by atoms with van der Waals surface area (Å²) < 4.78 is 32.4. The zero-order chi connectivity index (χ0) is 18.4. The van der Waals surface area contributed by atoms with Gasteiger partial charge in [-0.25, -0.2) is 13.4 Å². The Balaban J connectivity index is 0.00000261. The third-order valence-electron chi connectivity index (χ3n) is 4.81. The first-order valence-electron chi connectivity index (χ1n) is 9.29. The van der Waals surface area contributed by atoms with E-state index in [9.17, 15) is 8.42 Å². The van der Waals surface area contributed by atoms with Crippen LogP contribution in [-0.4, -0.2) is 51.0 Å². The molecule has 1 aliphatic carbocycles. The van der Waals surface area contributed by atoms with Crippen molar-refractivity contribution in [1.82, 2.24) is 9.62 Å². The van der Waals surface area contributed by atoms with Crippen molar-refractivity contribution in [2.75, 3.05) is 26.3 Å². The molecule has 10 heteroatoms. The van der Waals surface area contributed by atoms with Crippen LogP contribution in [0.1, 0.15) is 43.4 Å². The highest BCUT2D eigenvalue weighted by atomic mass is 127. The number of hydrogen-bond acceptors (Lipinski definition) is 5. The fourth-order valence-electron chi connectivity index (χ4n) is 3.34. The minimum Gasteiger partial charge on any atom is -0.379 e. The van der Waals surface area contributed by atoms with E-state index in [4.69, 9.17) is 10.5 Å². The number of nitrogens with one attached hydrogen (secondary N) is 1. The Morgan fingerprint density at radius 1 is 1.22 bits per heavy atom. The Labute approximate surface area is 182 Å². The van der Waals surface area contributed by atoms with Crippen molar-refractivity contribution in [1.29, 1.82) is 0 Å². The van der Waals surface area contributed by atoms with Crippen LogP contribution in [0.25, 0.3) is 0 Å². The molecule has 0 atom stereocenters. The first kappa shape index (κ1) is 22.9. The predicted molar refractivity (Wildman–Crippen MR) is 119 cm³/mol. The number of aliphatic imine (C=N–C) groups is 1. The van der Waals surface area contributed by atoms with Crippen LogP contribution in [0.2, 0.25) is 0 Å². The second kappa shape index (κ2) is 10.9. The lowest BCUT2D eigenvalue weighted by Gasteiger charge is -2.25. The number of guanidine groups is 1. The van der Waals surface area contributed by atoms with E-state index in [1.807, 2.05) is 6.07 Å². The Morgan fingerprint density at radius 2 is 1.89 bits per heavy atom. The summed E-state index contributed by atoms with van der Waals surface area (Å²) in [6.07, 6.45) is 7.33. The molecule has 2 aliphatic rings. The lowest BCUT2D eigenvalue weighted by Crippen LogP contribution is -2.40. The van der Waals surface area contributed by atoms with Gasteiger partial charge in [-0.15, -0.1) is 35.3 Å². The van der Waals surface area contributed by atoms with Crippen molar-refractivity contribution in [3.8, 4) is 0 Å². The maximum absolute atomic E-state index is 12.6. The number of sulfonamides is 1. The van der Waals surface area contributed by atoms with Crippen molar-refractivity contribution >= 4 is 51.3 Å². The number of hydrogen-bond donors (Lipinski definition) is 2. The van der Waals surface area contributed by atoms with Gasteiger partial charge >= 0.3 is 0 Å². The Hall–Kier alpha value is -0.430. The van der Waals surface area contributed by atoms with Crippen LogP contribution in [0.5, 0.6) is 0 Å². The second-order valence-electron chi connectivity index (χ2n) is 6.77. The number of thiophene rings is 1. The number of morpholine rings is 1. The molecule has 0 bridgehead atoms. The normalized spacial score (nSPS) is 20.7. The van der Waals surface area contributed by atoms with Gasteiger partial charge in [-0.3, -0.25) is 0 Å². The zero-order valence-electron chi connectivity index (χ0n) is 15.4. The molecule has 3 rings (SSSR count). The smallest absolute Gasteiger partial charge is 0.252 e. The van der Waals surface area contributed by atoms with E-state index >= 15 is 0 Å². The molecule has 3 N–H and O–H groups in total. The highest BCUT2D eigenvalue weighted by Crippen LogP contribution is 2.26. The fourth-order valence-corrected chi connectivity index (χ4v) is 6.18. The first-order chi connectivity index (χ1) is 12.6. The summed E-state index contributed by atoms with van der Waals surface area (Å²) in [4.78, 5) is 5.28. The third kappa shape index (κ3) is 6.55. The summed E-state index contributed by atoms with van der Waals surface area (Å²) in [5, 5.41) is 3.31. The average molecular weight is 528 g/mol. The van der Waals surface area contributed by atoms with Crippen molar-refractivity contribution in [3.63, 3.8) is 0 Å². The van der Waals surface area contributed by atoms with E-state index in [-0.39, 0.29) is 24.0 Å². The molecule has 0 amide bonds. The third-order valence-corrected chi connectivity index (χ3v) is 8.25. The van der Waals surface area contributed by atoms with Gasteiger partial charge in [-0.05, 0) is 25.0 Å². The zero-order valence-corrected chi connectivity index (χ0v) is 19.4. The molecule has 2 fully saturated rings. The molecule has 0 aromatic carbocycles. The van der Waals surface area contributed by atoms with Crippen molar-refractivity contribution < 1.29 is 13.2 Å². The highest BCUT2D eigenvalue weighted by Gasteiger charge is 2.27. The Kier molecular flexibility index (Phi) is 9.26. The number of nitrogens with two attached hydrogens (primary N) is 1. The highest BCUT2D eigenvalue weighted by molar-refractivity contribution is 14.0. The van der Waals surface area contributed by atoms with Crippen LogP contribution in [0.4, 0.5) is 0 Å². The summed E-state index contributed by atoms with van der Waals surface area (Å²) in [5.41, 5.74) is 6.02. The maximum atomic E-state index is 12.6. The van der Waals surface area contributed by atoms with Crippen molar-refractivity contribution in [2.24, 2.45) is 10.7 Å². The molecular formula is C17H29IN4O3S2. The summed E-state index contributed by atoms with van der Waals surface area (Å²) in [7, 11) is -3.43. The monoisotopic (exact) mass is 528 g/mol. The lowest BCUT2D eigenvalue weighted by atomic mass is 10.1. The molecule has 154 valence electrons. The molecule has 1 saturated carbocycles. The molecule has 0 radical (unpaired) electrons. The van der Waals surface area contributed by atoms with Gasteiger partial charge in [0.1, 0.15) is 4.21 Å². The summed E-state index contributed by atoms with van der Waals surface area (Å²) in [6, 6.07) is 3.89.